The molecule has 1 N–H and O–H groups in total. The molecule has 0 radical (unpaired) electrons. The number of likely N-dealkylation sites (tertiary alicyclic amines) is 1. The number of benzene rings is 1. The standard InChI is InChI=1S/C19H20N4O4/c1-13(24)27-16-4-2-3-14(11-16)19(26)23-9-5-15(6-10-23)22-18(25)17-12-20-7-8-21-17/h2-4,7-8,11-12,15H,5-6,9-10H2,1H3,(H,22,25). The van der Waals surface area contributed by atoms with Crippen LogP contribution in [0.15, 0.2) is 42.9 Å². The minimum absolute atomic E-state index is 0.0177. The summed E-state index contributed by atoms with van der Waals surface area (Å²) < 4.78 is 5.03. The Bertz CT molecular complexity index is 833. The summed E-state index contributed by atoms with van der Waals surface area (Å²) in [7, 11) is 0. The van der Waals surface area contributed by atoms with Crippen LogP contribution in [-0.2, 0) is 4.79 Å². The van der Waals surface area contributed by atoms with E-state index in [-0.39, 0.29) is 23.6 Å². The van der Waals surface area contributed by atoms with E-state index in [0.717, 1.165) is 0 Å². The molecule has 1 saturated heterocycles. The van der Waals surface area contributed by atoms with Crippen molar-refractivity contribution in [3.63, 3.8) is 0 Å². The average Bonchev–Trinajstić information content (AvgIpc) is 2.68. The second kappa shape index (κ2) is 8.39. The van der Waals surface area contributed by atoms with Crippen molar-refractivity contribution >= 4 is 17.8 Å². The molecule has 0 spiro atoms. The summed E-state index contributed by atoms with van der Waals surface area (Å²) in [6, 6.07) is 6.55. The van der Waals surface area contributed by atoms with Gasteiger partial charge in [0.1, 0.15) is 11.4 Å². The van der Waals surface area contributed by atoms with E-state index >= 15 is 0 Å². The molecule has 27 heavy (non-hydrogen) atoms. The number of ether oxygens (including phenoxy) is 1. The van der Waals surface area contributed by atoms with Gasteiger partial charge in [-0.15, -0.1) is 0 Å². The number of esters is 1. The van der Waals surface area contributed by atoms with Crippen molar-refractivity contribution in [1.29, 1.82) is 0 Å². The molecule has 0 unspecified atom stereocenters. The van der Waals surface area contributed by atoms with Crippen molar-refractivity contribution in [2.75, 3.05) is 13.1 Å². The summed E-state index contributed by atoms with van der Waals surface area (Å²) in [6.45, 7) is 2.37. The molecular formula is C19H20N4O4. The summed E-state index contributed by atoms with van der Waals surface area (Å²) >= 11 is 0. The number of carbonyl (C=O) groups is 3. The number of aromatic nitrogens is 2. The fourth-order valence-electron chi connectivity index (χ4n) is 2.94. The van der Waals surface area contributed by atoms with Gasteiger partial charge in [0, 0.05) is 44.0 Å². The number of hydrogen-bond acceptors (Lipinski definition) is 6. The van der Waals surface area contributed by atoms with E-state index in [9.17, 15) is 14.4 Å². The number of hydrogen-bond donors (Lipinski definition) is 1. The van der Waals surface area contributed by atoms with Gasteiger partial charge in [0.15, 0.2) is 0 Å². The largest absolute Gasteiger partial charge is 0.427 e. The van der Waals surface area contributed by atoms with E-state index in [2.05, 4.69) is 15.3 Å². The lowest BCUT2D eigenvalue weighted by molar-refractivity contribution is -0.131. The molecular weight excluding hydrogens is 348 g/mol. The monoisotopic (exact) mass is 368 g/mol. The Hall–Kier alpha value is -3.29. The highest BCUT2D eigenvalue weighted by Gasteiger charge is 2.25. The zero-order chi connectivity index (χ0) is 19.2. The van der Waals surface area contributed by atoms with Crippen molar-refractivity contribution in [1.82, 2.24) is 20.2 Å². The van der Waals surface area contributed by atoms with Crippen LogP contribution < -0.4 is 10.1 Å². The first-order valence-corrected chi connectivity index (χ1v) is 8.67. The van der Waals surface area contributed by atoms with Crippen LogP contribution in [0.25, 0.3) is 0 Å². The molecule has 3 rings (SSSR count). The first-order valence-electron chi connectivity index (χ1n) is 8.67. The normalized spacial score (nSPS) is 14.5. The minimum Gasteiger partial charge on any atom is -0.427 e. The second-order valence-electron chi connectivity index (χ2n) is 6.25. The van der Waals surface area contributed by atoms with Gasteiger partial charge < -0.3 is 15.0 Å². The molecule has 1 aromatic carbocycles. The lowest BCUT2D eigenvalue weighted by Gasteiger charge is -2.32. The lowest BCUT2D eigenvalue weighted by atomic mass is 10.0. The molecule has 2 heterocycles. The number of nitrogens with one attached hydrogen (secondary N) is 1. The maximum absolute atomic E-state index is 12.7. The zero-order valence-electron chi connectivity index (χ0n) is 14.9. The summed E-state index contributed by atoms with van der Waals surface area (Å²) in [5, 5.41) is 2.93. The van der Waals surface area contributed by atoms with E-state index in [1.165, 1.54) is 25.5 Å². The number of nitrogens with zero attached hydrogens (tertiary/aromatic N) is 3. The maximum Gasteiger partial charge on any atom is 0.308 e. The number of carbonyl (C=O) groups excluding carboxylic acids is 3. The topological polar surface area (TPSA) is 101 Å². The Morgan fingerprint density at radius 1 is 1.19 bits per heavy atom. The van der Waals surface area contributed by atoms with E-state index in [4.69, 9.17) is 4.74 Å². The highest BCUT2D eigenvalue weighted by Crippen LogP contribution is 2.18. The van der Waals surface area contributed by atoms with Gasteiger partial charge in [0.2, 0.25) is 0 Å². The molecule has 0 saturated carbocycles. The SMILES string of the molecule is CC(=O)Oc1cccc(C(=O)N2CCC(NC(=O)c3cnccn3)CC2)c1. The van der Waals surface area contributed by atoms with Crippen LogP contribution in [0.5, 0.6) is 5.75 Å². The highest BCUT2D eigenvalue weighted by molar-refractivity contribution is 5.95. The second-order valence-corrected chi connectivity index (χ2v) is 6.25. The molecule has 1 aromatic heterocycles. The molecule has 2 amide bonds. The van der Waals surface area contributed by atoms with E-state index in [0.29, 0.717) is 37.2 Å². The summed E-state index contributed by atoms with van der Waals surface area (Å²) in [6.07, 6.45) is 5.71. The van der Waals surface area contributed by atoms with Crippen molar-refractivity contribution < 1.29 is 19.1 Å². The zero-order valence-corrected chi connectivity index (χ0v) is 14.9. The van der Waals surface area contributed by atoms with E-state index < -0.39 is 5.97 Å². The minimum atomic E-state index is -0.431. The third-order valence-electron chi connectivity index (χ3n) is 4.26. The van der Waals surface area contributed by atoms with Crippen LogP contribution in [0.2, 0.25) is 0 Å². The smallest absolute Gasteiger partial charge is 0.308 e. The predicted molar refractivity (Wildman–Crippen MR) is 96.2 cm³/mol. The van der Waals surface area contributed by atoms with E-state index in [1.807, 2.05) is 0 Å². The van der Waals surface area contributed by atoms with Gasteiger partial charge in [0.25, 0.3) is 11.8 Å². The van der Waals surface area contributed by atoms with Crippen molar-refractivity contribution in [3.05, 3.63) is 54.1 Å². The highest BCUT2D eigenvalue weighted by atomic mass is 16.5. The fourth-order valence-corrected chi connectivity index (χ4v) is 2.94. The number of rotatable bonds is 4. The van der Waals surface area contributed by atoms with Gasteiger partial charge in [-0.05, 0) is 31.0 Å². The molecule has 1 aliphatic rings. The third kappa shape index (κ3) is 4.87. The predicted octanol–water partition coefficient (Wildman–Crippen LogP) is 1.44. The van der Waals surface area contributed by atoms with Crippen LogP contribution in [-0.4, -0.2) is 51.8 Å². The summed E-state index contributed by atoms with van der Waals surface area (Å²) in [4.78, 5) is 45.5. The van der Waals surface area contributed by atoms with Crippen LogP contribution in [0.3, 0.4) is 0 Å². The molecule has 1 fully saturated rings. The van der Waals surface area contributed by atoms with Crippen LogP contribution in [0.4, 0.5) is 0 Å². The Morgan fingerprint density at radius 2 is 1.96 bits per heavy atom. The van der Waals surface area contributed by atoms with Gasteiger partial charge in [-0.2, -0.15) is 0 Å². The Balaban J connectivity index is 1.55. The van der Waals surface area contributed by atoms with Gasteiger partial charge in [0.05, 0.1) is 6.20 Å². The van der Waals surface area contributed by atoms with Crippen LogP contribution in [0.1, 0.15) is 40.6 Å². The van der Waals surface area contributed by atoms with E-state index in [1.54, 1.807) is 29.2 Å². The third-order valence-corrected chi connectivity index (χ3v) is 4.26. The van der Waals surface area contributed by atoms with Crippen molar-refractivity contribution in [2.45, 2.75) is 25.8 Å². The lowest BCUT2D eigenvalue weighted by Crippen LogP contribution is -2.46. The Labute approximate surface area is 156 Å². The van der Waals surface area contributed by atoms with Crippen LogP contribution >= 0.6 is 0 Å². The molecule has 140 valence electrons. The summed E-state index contributed by atoms with van der Waals surface area (Å²) in [5.74, 6) is -0.469. The van der Waals surface area contributed by atoms with Gasteiger partial charge in [-0.3, -0.25) is 19.4 Å². The van der Waals surface area contributed by atoms with Gasteiger partial charge in [-0.25, -0.2) is 4.98 Å². The molecule has 8 heteroatoms. The first kappa shape index (κ1) is 18.5. The average molecular weight is 368 g/mol. The van der Waals surface area contributed by atoms with Crippen molar-refractivity contribution in [3.8, 4) is 5.75 Å². The fraction of sp³-hybridized carbons (Fsp3) is 0.316. The Kier molecular flexibility index (Phi) is 5.75. The number of amides is 2. The summed E-state index contributed by atoms with van der Waals surface area (Å²) in [5.41, 5.74) is 0.745. The molecule has 0 aliphatic carbocycles. The quantitative estimate of drug-likeness (QED) is 0.647. The maximum atomic E-state index is 12.7. The Morgan fingerprint density at radius 3 is 2.63 bits per heavy atom. The molecule has 0 atom stereocenters. The van der Waals surface area contributed by atoms with Gasteiger partial charge in [-0.1, -0.05) is 6.07 Å². The number of piperidine rings is 1. The van der Waals surface area contributed by atoms with Crippen LogP contribution in [0, 0.1) is 0 Å². The first-order chi connectivity index (χ1) is 13.0. The molecule has 1 aliphatic heterocycles. The van der Waals surface area contributed by atoms with Crippen molar-refractivity contribution in [2.24, 2.45) is 0 Å². The molecule has 8 nitrogen and oxygen atoms in total. The molecule has 2 aromatic rings. The molecule has 0 bridgehead atoms. The van der Waals surface area contributed by atoms with Gasteiger partial charge >= 0.3 is 5.97 Å².